The average molecular weight is 199 g/mol. The maximum Gasteiger partial charge on any atom is 0.303 e. The highest BCUT2D eigenvalue weighted by molar-refractivity contribution is 5.66. The van der Waals surface area contributed by atoms with E-state index in [1.54, 1.807) is 0 Å². The summed E-state index contributed by atoms with van der Waals surface area (Å²) in [5.74, 6) is 0.290. The molecule has 14 heavy (non-hydrogen) atoms. The molecule has 5 heteroatoms. The molecule has 0 aliphatic heterocycles. The smallest absolute Gasteiger partial charge is 0.303 e. The van der Waals surface area contributed by atoms with Gasteiger partial charge in [-0.15, -0.1) is 0 Å². The predicted octanol–water partition coefficient (Wildman–Crippen LogP) is 0.617. The van der Waals surface area contributed by atoms with E-state index in [2.05, 4.69) is 4.98 Å². The largest absolute Gasteiger partial charge is 0.481 e. The van der Waals surface area contributed by atoms with E-state index in [-0.39, 0.29) is 13.0 Å². The first-order valence-corrected chi connectivity index (χ1v) is 4.48. The van der Waals surface area contributed by atoms with Gasteiger partial charge in [0.1, 0.15) is 5.76 Å². The molecule has 0 unspecified atom stereocenters. The van der Waals surface area contributed by atoms with Gasteiger partial charge in [0.25, 0.3) is 0 Å². The Morgan fingerprint density at radius 2 is 2.29 bits per heavy atom. The van der Waals surface area contributed by atoms with Gasteiger partial charge in [0.15, 0.2) is 5.89 Å². The Kier molecular flexibility index (Phi) is 4.12. The van der Waals surface area contributed by atoms with Gasteiger partial charge in [-0.25, -0.2) is 4.98 Å². The highest BCUT2D eigenvalue weighted by atomic mass is 16.4. The zero-order valence-corrected chi connectivity index (χ0v) is 7.77. The zero-order valence-electron chi connectivity index (χ0n) is 7.77. The first-order valence-electron chi connectivity index (χ1n) is 4.48. The summed E-state index contributed by atoms with van der Waals surface area (Å²) in [6.07, 6.45) is 3.15. The van der Waals surface area contributed by atoms with Gasteiger partial charge in [-0.05, 0) is 6.42 Å². The summed E-state index contributed by atoms with van der Waals surface area (Å²) in [5.41, 5.74) is 0. The Labute approximate surface area is 81.4 Å². The van der Waals surface area contributed by atoms with Gasteiger partial charge in [-0.2, -0.15) is 0 Å². The standard InChI is InChI=1S/C9H13NO4/c11-5-1-2-8-10-6-7(14-8)3-4-9(12)13/h6,11H,1-5H2,(H,12,13). The fraction of sp³-hybridized carbons (Fsp3) is 0.556. The lowest BCUT2D eigenvalue weighted by Gasteiger charge is -1.92. The molecule has 0 bridgehead atoms. The molecule has 0 spiro atoms. The molecule has 0 fully saturated rings. The molecule has 1 heterocycles. The van der Waals surface area contributed by atoms with Crippen molar-refractivity contribution < 1.29 is 19.4 Å². The van der Waals surface area contributed by atoms with Crippen LogP contribution in [0.2, 0.25) is 0 Å². The van der Waals surface area contributed by atoms with Crippen molar-refractivity contribution in [1.82, 2.24) is 4.98 Å². The molecule has 0 atom stereocenters. The molecule has 1 rings (SSSR count). The molecule has 0 saturated carbocycles. The molecule has 78 valence electrons. The number of rotatable bonds is 6. The Hall–Kier alpha value is -1.36. The Morgan fingerprint density at radius 1 is 1.50 bits per heavy atom. The third-order valence-electron chi connectivity index (χ3n) is 1.74. The van der Waals surface area contributed by atoms with Crippen LogP contribution in [0.4, 0.5) is 0 Å². The minimum atomic E-state index is -0.849. The van der Waals surface area contributed by atoms with Crippen LogP contribution in [0.5, 0.6) is 0 Å². The second kappa shape index (κ2) is 5.39. The normalized spacial score (nSPS) is 10.4. The van der Waals surface area contributed by atoms with Crippen LogP contribution in [0.3, 0.4) is 0 Å². The fourth-order valence-electron chi connectivity index (χ4n) is 1.04. The number of oxazole rings is 1. The van der Waals surface area contributed by atoms with Crippen LogP contribution in [0.25, 0.3) is 0 Å². The number of aliphatic hydroxyl groups excluding tert-OH is 1. The summed E-state index contributed by atoms with van der Waals surface area (Å²) in [6.45, 7) is 0.104. The molecule has 0 aliphatic rings. The van der Waals surface area contributed by atoms with Crippen molar-refractivity contribution in [3.8, 4) is 0 Å². The van der Waals surface area contributed by atoms with E-state index in [9.17, 15) is 4.79 Å². The Balaban J connectivity index is 2.38. The minimum Gasteiger partial charge on any atom is -0.481 e. The van der Waals surface area contributed by atoms with E-state index in [0.717, 1.165) is 0 Å². The monoisotopic (exact) mass is 199 g/mol. The molecule has 0 saturated heterocycles. The first-order chi connectivity index (χ1) is 6.72. The van der Waals surface area contributed by atoms with Crippen molar-refractivity contribution in [3.63, 3.8) is 0 Å². The van der Waals surface area contributed by atoms with E-state index >= 15 is 0 Å². The van der Waals surface area contributed by atoms with Crippen LogP contribution in [0, 0.1) is 0 Å². The van der Waals surface area contributed by atoms with Gasteiger partial charge in [-0.3, -0.25) is 4.79 Å². The van der Waals surface area contributed by atoms with Crippen LogP contribution in [0.1, 0.15) is 24.5 Å². The number of aliphatic hydroxyl groups is 1. The van der Waals surface area contributed by atoms with Crippen molar-refractivity contribution in [2.75, 3.05) is 6.61 Å². The third-order valence-corrected chi connectivity index (χ3v) is 1.74. The molecule has 1 aromatic heterocycles. The maximum atomic E-state index is 10.3. The molecule has 2 N–H and O–H groups in total. The van der Waals surface area contributed by atoms with E-state index < -0.39 is 5.97 Å². The van der Waals surface area contributed by atoms with Gasteiger partial charge < -0.3 is 14.6 Å². The highest BCUT2D eigenvalue weighted by Crippen LogP contribution is 2.07. The molecule has 0 radical (unpaired) electrons. The van der Waals surface area contributed by atoms with E-state index in [4.69, 9.17) is 14.6 Å². The molecular weight excluding hydrogens is 186 g/mol. The van der Waals surface area contributed by atoms with Crippen LogP contribution >= 0.6 is 0 Å². The lowest BCUT2D eigenvalue weighted by molar-refractivity contribution is -0.137. The number of aromatic nitrogens is 1. The molecule has 0 amide bonds. The van der Waals surface area contributed by atoms with E-state index in [1.807, 2.05) is 0 Å². The van der Waals surface area contributed by atoms with Crippen molar-refractivity contribution in [1.29, 1.82) is 0 Å². The van der Waals surface area contributed by atoms with Gasteiger partial charge in [-0.1, -0.05) is 0 Å². The van der Waals surface area contributed by atoms with Crippen LogP contribution < -0.4 is 0 Å². The number of aliphatic carboxylic acids is 1. The van der Waals surface area contributed by atoms with E-state index in [1.165, 1.54) is 6.20 Å². The lowest BCUT2D eigenvalue weighted by atomic mass is 10.3. The molecule has 5 nitrogen and oxygen atoms in total. The second-order valence-electron chi connectivity index (χ2n) is 2.94. The Bertz CT molecular complexity index is 295. The van der Waals surface area contributed by atoms with Crippen molar-refractivity contribution in [2.24, 2.45) is 0 Å². The predicted molar refractivity (Wildman–Crippen MR) is 47.9 cm³/mol. The fourth-order valence-corrected chi connectivity index (χ4v) is 1.04. The number of carboxylic acid groups (broad SMARTS) is 1. The summed E-state index contributed by atoms with van der Waals surface area (Å²) in [4.78, 5) is 14.2. The van der Waals surface area contributed by atoms with Crippen molar-refractivity contribution >= 4 is 5.97 Å². The summed E-state index contributed by atoms with van der Waals surface area (Å²) in [5, 5.41) is 17.0. The number of nitrogens with zero attached hydrogens (tertiary/aromatic N) is 1. The van der Waals surface area contributed by atoms with Crippen molar-refractivity contribution in [3.05, 3.63) is 17.8 Å². The van der Waals surface area contributed by atoms with Crippen molar-refractivity contribution in [2.45, 2.75) is 25.7 Å². The lowest BCUT2D eigenvalue weighted by Crippen LogP contribution is -1.96. The molecule has 0 aliphatic carbocycles. The number of aryl methyl sites for hydroxylation is 2. The first kappa shape index (κ1) is 10.7. The number of carbonyl (C=O) groups is 1. The molecule has 0 aromatic carbocycles. The summed E-state index contributed by atoms with van der Waals surface area (Å²) in [6, 6.07) is 0. The zero-order chi connectivity index (χ0) is 10.4. The number of hydrogen-bond acceptors (Lipinski definition) is 4. The number of carboxylic acids is 1. The average Bonchev–Trinajstić information content (AvgIpc) is 2.59. The third kappa shape index (κ3) is 3.57. The molecule has 1 aromatic rings. The molecular formula is C9H13NO4. The van der Waals surface area contributed by atoms with Crippen LogP contribution in [-0.4, -0.2) is 27.8 Å². The van der Waals surface area contributed by atoms with Gasteiger partial charge >= 0.3 is 5.97 Å². The van der Waals surface area contributed by atoms with Crippen LogP contribution in [-0.2, 0) is 17.6 Å². The summed E-state index contributed by atoms with van der Waals surface area (Å²) < 4.78 is 5.25. The van der Waals surface area contributed by atoms with Gasteiger partial charge in [0.05, 0.1) is 12.6 Å². The quantitative estimate of drug-likeness (QED) is 0.701. The van der Waals surface area contributed by atoms with E-state index in [0.29, 0.717) is 30.9 Å². The highest BCUT2D eigenvalue weighted by Gasteiger charge is 2.05. The topological polar surface area (TPSA) is 83.6 Å². The summed E-state index contributed by atoms with van der Waals surface area (Å²) >= 11 is 0. The van der Waals surface area contributed by atoms with Gasteiger partial charge in [0, 0.05) is 19.4 Å². The van der Waals surface area contributed by atoms with Crippen LogP contribution in [0.15, 0.2) is 10.6 Å². The SMILES string of the molecule is O=C(O)CCc1cnc(CCCO)o1. The maximum absolute atomic E-state index is 10.3. The minimum absolute atomic E-state index is 0.0502. The second-order valence-corrected chi connectivity index (χ2v) is 2.94. The summed E-state index contributed by atoms with van der Waals surface area (Å²) in [7, 11) is 0. The number of hydrogen-bond donors (Lipinski definition) is 2. The van der Waals surface area contributed by atoms with Gasteiger partial charge in [0.2, 0.25) is 0 Å². The Morgan fingerprint density at radius 3 is 2.93 bits per heavy atom.